The molecule has 0 aromatic heterocycles. The summed E-state index contributed by atoms with van der Waals surface area (Å²) < 4.78 is 0. The smallest absolute Gasteiger partial charge is 0.126 e. The van der Waals surface area contributed by atoms with E-state index in [1.165, 1.54) is 0 Å². The van der Waals surface area contributed by atoms with Crippen LogP contribution in [0.3, 0.4) is 0 Å². The van der Waals surface area contributed by atoms with Crippen molar-refractivity contribution in [2.45, 2.75) is 12.1 Å². The number of hydrogen-bond donors (Lipinski definition) is 0. The van der Waals surface area contributed by atoms with E-state index < -0.39 is 6.00 Å². The largest absolute Gasteiger partial charge is 0.341 e. The minimum Gasteiger partial charge on any atom is -0.126 e. The second kappa shape index (κ2) is 3.35. The fourth-order valence-electron chi connectivity index (χ4n) is 0.283. The first kappa shape index (κ1) is 8.30. The van der Waals surface area contributed by atoms with Gasteiger partial charge in [0.1, 0.15) is 0 Å². The average Bonchev–Trinajstić information content (AvgIpc) is 1.30. The van der Waals surface area contributed by atoms with Crippen LogP contribution in [-0.4, -0.2) is 16.2 Å². The van der Waals surface area contributed by atoms with E-state index in [0.717, 1.165) is 22.3 Å². The highest BCUT2D eigenvalue weighted by Crippen LogP contribution is 2.25. The first-order valence-corrected chi connectivity index (χ1v) is 8.78. The normalized spacial score (nSPS) is 12.4. The van der Waals surface area contributed by atoms with Gasteiger partial charge in [-0.1, -0.05) is 6.04 Å². The lowest BCUT2D eigenvalue weighted by Gasteiger charge is -2.01. The van der Waals surface area contributed by atoms with Crippen LogP contribution in [0, 0.1) is 0 Å². The maximum absolute atomic E-state index is 5.53. The van der Waals surface area contributed by atoms with E-state index in [1.807, 2.05) is 0 Å². The van der Waals surface area contributed by atoms with Crippen LogP contribution in [0.1, 0.15) is 0 Å². The molecule has 0 amide bonds. The fourth-order valence-corrected chi connectivity index (χ4v) is 7.65. The minimum absolute atomic E-state index is 0.837. The topological polar surface area (TPSA) is 0 Å². The summed E-state index contributed by atoms with van der Waals surface area (Å²) in [4.78, 5) is 0. The van der Waals surface area contributed by atoms with E-state index in [1.54, 1.807) is 0 Å². The van der Waals surface area contributed by atoms with Crippen molar-refractivity contribution in [2.24, 2.45) is 0 Å². The molecular formula is C2H7Cl3Si2. The molecule has 0 N–H and O–H groups in total. The first-order valence-electron chi connectivity index (χ1n) is 2.13. The molecule has 7 heavy (non-hydrogen) atoms. The van der Waals surface area contributed by atoms with Gasteiger partial charge >= 0.3 is 6.00 Å². The molecule has 0 atom stereocenters. The molecule has 0 aliphatic carbocycles. The standard InChI is InChI=1S/C2H7Cl3Si2/c3-7(4,5)2-1-6/h1-2H2,6H3. The Kier molecular flexibility index (Phi) is 3.98. The first-order chi connectivity index (χ1) is 3.06. The Morgan fingerprint density at radius 2 is 1.71 bits per heavy atom. The van der Waals surface area contributed by atoms with Gasteiger partial charge in [0, 0.05) is 10.2 Å². The van der Waals surface area contributed by atoms with Crippen molar-refractivity contribution >= 4 is 49.5 Å². The van der Waals surface area contributed by atoms with Gasteiger partial charge in [0.05, 0.1) is 0 Å². The van der Waals surface area contributed by atoms with Gasteiger partial charge in [-0.3, -0.25) is 0 Å². The minimum atomic E-state index is -2.21. The van der Waals surface area contributed by atoms with E-state index in [-0.39, 0.29) is 0 Å². The van der Waals surface area contributed by atoms with Crippen molar-refractivity contribution in [3.8, 4) is 0 Å². The highest BCUT2D eigenvalue weighted by Gasteiger charge is 2.22. The van der Waals surface area contributed by atoms with E-state index in [0.29, 0.717) is 0 Å². The SMILES string of the molecule is [SiH3]CC[Si](Cl)(Cl)Cl. The molecule has 0 spiro atoms. The molecular weight excluding hydrogens is 187 g/mol. The molecule has 0 aliphatic heterocycles. The molecule has 0 aromatic rings. The third-order valence-corrected chi connectivity index (χ3v) is 4.80. The van der Waals surface area contributed by atoms with Crippen molar-refractivity contribution in [3.05, 3.63) is 0 Å². The number of rotatable bonds is 2. The van der Waals surface area contributed by atoms with Gasteiger partial charge in [-0.05, 0) is 6.04 Å². The summed E-state index contributed by atoms with van der Waals surface area (Å²) in [7, 11) is 1.15. The maximum atomic E-state index is 5.53. The summed E-state index contributed by atoms with van der Waals surface area (Å²) in [5.41, 5.74) is 0. The zero-order valence-electron chi connectivity index (χ0n) is 4.05. The van der Waals surface area contributed by atoms with Crippen LogP contribution in [0.25, 0.3) is 0 Å². The molecule has 0 heterocycles. The van der Waals surface area contributed by atoms with Crippen LogP contribution in [0.4, 0.5) is 0 Å². The lowest BCUT2D eigenvalue weighted by Crippen LogP contribution is -2.06. The third-order valence-electron chi connectivity index (χ3n) is 0.533. The zero-order valence-corrected chi connectivity index (χ0v) is 9.32. The van der Waals surface area contributed by atoms with Crippen LogP contribution < -0.4 is 0 Å². The van der Waals surface area contributed by atoms with Crippen molar-refractivity contribution in [1.29, 1.82) is 0 Å². The van der Waals surface area contributed by atoms with Gasteiger partial charge in [-0.2, -0.15) is 0 Å². The van der Waals surface area contributed by atoms with Crippen LogP contribution in [0.2, 0.25) is 12.1 Å². The molecule has 0 saturated heterocycles. The number of hydrogen-bond acceptors (Lipinski definition) is 0. The molecule has 44 valence electrons. The summed E-state index contributed by atoms with van der Waals surface area (Å²) in [6.45, 7) is 0. The van der Waals surface area contributed by atoms with Gasteiger partial charge in [0.15, 0.2) is 0 Å². The summed E-state index contributed by atoms with van der Waals surface area (Å²) in [5.74, 6) is 0. The Morgan fingerprint density at radius 1 is 1.29 bits per heavy atom. The molecule has 0 fully saturated rings. The molecule has 0 aromatic carbocycles. The summed E-state index contributed by atoms with van der Waals surface area (Å²) in [5, 5.41) is 0. The van der Waals surface area contributed by atoms with E-state index in [2.05, 4.69) is 0 Å². The predicted octanol–water partition coefficient (Wildman–Crippen LogP) is 1.43. The van der Waals surface area contributed by atoms with Crippen LogP contribution in [0.5, 0.6) is 0 Å². The Hall–Kier alpha value is 1.30. The lowest BCUT2D eigenvalue weighted by molar-refractivity contribution is 1.44. The van der Waals surface area contributed by atoms with Crippen LogP contribution >= 0.6 is 33.2 Å². The Balaban J connectivity index is 3.15. The van der Waals surface area contributed by atoms with Crippen LogP contribution in [0.15, 0.2) is 0 Å². The van der Waals surface area contributed by atoms with E-state index >= 15 is 0 Å². The summed E-state index contributed by atoms with van der Waals surface area (Å²) in [6, 6.07) is -0.255. The monoisotopic (exact) mass is 192 g/mol. The Labute approximate surface area is 61.7 Å². The Morgan fingerprint density at radius 3 is 1.71 bits per heavy atom. The second-order valence-electron chi connectivity index (χ2n) is 1.37. The fraction of sp³-hybridized carbons (Fsp3) is 1.00. The molecule has 5 heteroatoms. The van der Waals surface area contributed by atoms with E-state index in [9.17, 15) is 0 Å². The van der Waals surface area contributed by atoms with Crippen molar-refractivity contribution in [1.82, 2.24) is 0 Å². The quantitative estimate of drug-likeness (QED) is 0.460. The summed E-state index contributed by atoms with van der Waals surface area (Å²) >= 11 is 16.6. The highest BCUT2D eigenvalue weighted by atomic mass is 35.8. The zero-order chi connectivity index (χ0) is 5.91. The maximum Gasteiger partial charge on any atom is 0.341 e. The van der Waals surface area contributed by atoms with Gasteiger partial charge in [0.25, 0.3) is 0 Å². The third kappa shape index (κ3) is 7.30. The number of halogens is 3. The second-order valence-corrected chi connectivity index (χ2v) is 11.6. The lowest BCUT2D eigenvalue weighted by atomic mass is 11.0. The van der Waals surface area contributed by atoms with Crippen molar-refractivity contribution in [2.75, 3.05) is 0 Å². The molecule has 0 bridgehead atoms. The molecule has 0 unspecified atom stereocenters. The van der Waals surface area contributed by atoms with Gasteiger partial charge in [-0.15, -0.1) is 33.2 Å². The van der Waals surface area contributed by atoms with Gasteiger partial charge in [-0.25, -0.2) is 0 Å². The molecule has 0 radical (unpaired) electrons. The van der Waals surface area contributed by atoms with Crippen molar-refractivity contribution < 1.29 is 0 Å². The molecule has 0 nitrogen and oxygen atoms in total. The summed E-state index contributed by atoms with van der Waals surface area (Å²) in [6.07, 6.45) is 0. The Bertz CT molecular complexity index is 49.4. The predicted molar refractivity (Wildman–Crippen MR) is 42.9 cm³/mol. The molecule has 0 aliphatic rings. The van der Waals surface area contributed by atoms with Gasteiger partial charge < -0.3 is 0 Å². The van der Waals surface area contributed by atoms with Crippen LogP contribution in [-0.2, 0) is 0 Å². The van der Waals surface area contributed by atoms with Crippen molar-refractivity contribution in [3.63, 3.8) is 0 Å². The highest BCUT2D eigenvalue weighted by molar-refractivity contribution is 7.64. The molecule has 0 saturated carbocycles. The molecule has 0 rings (SSSR count). The average molecular weight is 194 g/mol. The van der Waals surface area contributed by atoms with Gasteiger partial charge in [0.2, 0.25) is 0 Å². The van der Waals surface area contributed by atoms with E-state index in [4.69, 9.17) is 33.2 Å².